The summed E-state index contributed by atoms with van der Waals surface area (Å²) in [7, 11) is 0. The largest absolute Gasteiger partial charge is 0.492 e. The van der Waals surface area contributed by atoms with Gasteiger partial charge in [0, 0.05) is 6.54 Å². The van der Waals surface area contributed by atoms with Gasteiger partial charge >= 0.3 is 0 Å². The molecule has 0 unspecified atom stereocenters. The first-order valence-corrected chi connectivity index (χ1v) is 8.15. The molecule has 1 heterocycles. The predicted octanol–water partition coefficient (Wildman–Crippen LogP) is 4.32. The third kappa shape index (κ3) is 8.16. The Kier molecular flexibility index (Phi) is 9.93. The molecule has 0 aliphatic carbocycles. The van der Waals surface area contributed by atoms with E-state index < -0.39 is 0 Å². The van der Waals surface area contributed by atoms with E-state index in [1.54, 1.807) is 0 Å². The highest BCUT2D eigenvalue weighted by molar-refractivity contribution is 5.19. The lowest BCUT2D eigenvalue weighted by Gasteiger charge is -2.07. The Balaban J connectivity index is 2.08. The summed E-state index contributed by atoms with van der Waals surface area (Å²) in [6.07, 6.45) is 10.8. The number of pyridine rings is 1. The summed E-state index contributed by atoms with van der Waals surface area (Å²) in [6.45, 7) is 7.10. The van der Waals surface area contributed by atoms with Crippen LogP contribution in [0.1, 0.15) is 64.5 Å². The van der Waals surface area contributed by atoms with Crippen LogP contribution in [-0.2, 0) is 6.54 Å². The maximum atomic E-state index is 5.71. The molecule has 114 valence electrons. The number of nitrogens with one attached hydrogen (secondary N) is 1. The lowest BCUT2D eigenvalue weighted by atomic mass is 10.1. The van der Waals surface area contributed by atoms with E-state index in [9.17, 15) is 0 Å². The minimum Gasteiger partial charge on any atom is -0.492 e. The Bertz CT molecular complexity index is 324. The molecule has 0 radical (unpaired) electrons. The molecule has 0 bridgehead atoms. The number of nitrogens with zero attached hydrogens (tertiary/aromatic N) is 1. The highest BCUT2D eigenvalue weighted by Gasteiger charge is 1.97. The van der Waals surface area contributed by atoms with Crippen molar-refractivity contribution in [3.63, 3.8) is 0 Å². The van der Waals surface area contributed by atoms with Gasteiger partial charge < -0.3 is 10.1 Å². The van der Waals surface area contributed by atoms with Gasteiger partial charge in [-0.05, 0) is 31.5 Å². The van der Waals surface area contributed by atoms with Crippen molar-refractivity contribution in [2.24, 2.45) is 0 Å². The van der Waals surface area contributed by atoms with E-state index in [1.807, 2.05) is 18.3 Å². The molecule has 0 aliphatic heterocycles. The Morgan fingerprint density at radius 1 is 1.00 bits per heavy atom. The Morgan fingerprint density at radius 3 is 2.50 bits per heavy atom. The van der Waals surface area contributed by atoms with Crippen LogP contribution in [0.25, 0.3) is 0 Å². The van der Waals surface area contributed by atoms with Crippen molar-refractivity contribution in [3.8, 4) is 5.75 Å². The van der Waals surface area contributed by atoms with E-state index in [0.29, 0.717) is 0 Å². The third-order valence-electron chi connectivity index (χ3n) is 3.30. The molecule has 3 heteroatoms. The average molecular weight is 278 g/mol. The quantitative estimate of drug-likeness (QED) is 0.578. The molecule has 1 N–H and O–H groups in total. The van der Waals surface area contributed by atoms with Gasteiger partial charge in [-0.15, -0.1) is 0 Å². The minimum atomic E-state index is 0.807. The number of unbranched alkanes of at least 4 members (excludes halogenated alkanes) is 5. The molecule has 3 nitrogen and oxygen atoms in total. The topological polar surface area (TPSA) is 34.1 Å². The van der Waals surface area contributed by atoms with Crippen LogP contribution < -0.4 is 10.1 Å². The molecule has 0 fully saturated rings. The molecule has 0 amide bonds. The van der Waals surface area contributed by atoms with Gasteiger partial charge in [0.2, 0.25) is 0 Å². The molecular weight excluding hydrogens is 248 g/mol. The fourth-order valence-electron chi connectivity index (χ4n) is 2.07. The van der Waals surface area contributed by atoms with Crippen LogP contribution in [0.2, 0.25) is 0 Å². The summed E-state index contributed by atoms with van der Waals surface area (Å²) in [4.78, 5) is 4.40. The van der Waals surface area contributed by atoms with Crippen molar-refractivity contribution in [1.82, 2.24) is 10.3 Å². The maximum Gasteiger partial charge on any atom is 0.137 e. The average Bonchev–Trinajstić information content (AvgIpc) is 2.48. The molecule has 0 saturated heterocycles. The van der Waals surface area contributed by atoms with Crippen molar-refractivity contribution in [1.29, 1.82) is 0 Å². The standard InChI is InChI=1S/C17H30N2O/c1-3-5-6-7-8-9-13-20-17-11-10-16(19-15-17)14-18-12-4-2/h10-11,15,18H,3-9,12-14H2,1-2H3. The van der Waals surface area contributed by atoms with Crippen molar-refractivity contribution in [2.45, 2.75) is 65.3 Å². The van der Waals surface area contributed by atoms with E-state index in [-0.39, 0.29) is 0 Å². The van der Waals surface area contributed by atoms with E-state index in [0.717, 1.165) is 44.0 Å². The van der Waals surface area contributed by atoms with Crippen LogP contribution in [-0.4, -0.2) is 18.1 Å². The second-order valence-corrected chi connectivity index (χ2v) is 5.28. The smallest absolute Gasteiger partial charge is 0.137 e. The second-order valence-electron chi connectivity index (χ2n) is 5.28. The molecule has 1 aromatic heterocycles. The van der Waals surface area contributed by atoms with Crippen LogP contribution in [0.15, 0.2) is 18.3 Å². The predicted molar refractivity (Wildman–Crippen MR) is 85.1 cm³/mol. The Morgan fingerprint density at radius 2 is 1.80 bits per heavy atom. The van der Waals surface area contributed by atoms with Crippen LogP contribution in [0.5, 0.6) is 5.75 Å². The van der Waals surface area contributed by atoms with Crippen LogP contribution in [0, 0.1) is 0 Å². The van der Waals surface area contributed by atoms with Crippen LogP contribution in [0.3, 0.4) is 0 Å². The number of hydrogen-bond donors (Lipinski definition) is 1. The lowest BCUT2D eigenvalue weighted by Crippen LogP contribution is -2.14. The second kappa shape index (κ2) is 11.7. The molecule has 0 aliphatic rings. The third-order valence-corrected chi connectivity index (χ3v) is 3.30. The summed E-state index contributed by atoms with van der Waals surface area (Å²) in [5, 5.41) is 3.34. The molecule has 20 heavy (non-hydrogen) atoms. The summed E-state index contributed by atoms with van der Waals surface area (Å²) in [5.74, 6) is 0.887. The first-order valence-electron chi connectivity index (χ1n) is 8.15. The van der Waals surface area contributed by atoms with Crippen LogP contribution >= 0.6 is 0 Å². The molecule has 0 saturated carbocycles. The summed E-state index contributed by atoms with van der Waals surface area (Å²) in [6, 6.07) is 4.06. The molecule has 1 rings (SSSR count). The summed E-state index contributed by atoms with van der Waals surface area (Å²) >= 11 is 0. The fraction of sp³-hybridized carbons (Fsp3) is 0.706. The number of ether oxygens (including phenoxy) is 1. The van der Waals surface area contributed by atoms with Gasteiger partial charge in [0.1, 0.15) is 5.75 Å². The van der Waals surface area contributed by atoms with Gasteiger partial charge in [0.15, 0.2) is 0 Å². The van der Waals surface area contributed by atoms with Gasteiger partial charge in [-0.3, -0.25) is 4.98 Å². The zero-order chi connectivity index (χ0) is 14.5. The number of aromatic nitrogens is 1. The highest BCUT2D eigenvalue weighted by atomic mass is 16.5. The van der Waals surface area contributed by atoms with Gasteiger partial charge in [-0.25, -0.2) is 0 Å². The van der Waals surface area contributed by atoms with Crippen molar-refractivity contribution >= 4 is 0 Å². The van der Waals surface area contributed by atoms with E-state index >= 15 is 0 Å². The Hall–Kier alpha value is -1.09. The molecule has 0 spiro atoms. The first-order chi connectivity index (χ1) is 9.86. The SMILES string of the molecule is CCCCCCCCOc1ccc(CNCCC)nc1. The van der Waals surface area contributed by atoms with Crippen molar-refractivity contribution in [3.05, 3.63) is 24.0 Å². The van der Waals surface area contributed by atoms with E-state index in [1.165, 1.54) is 32.1 Å². The maximum absolute atomic E-state index is 5.71. The Labute approximate surface area is 124 Å². The molecule has 0 aromatic carbocycles. The highest BCUT2D eigenvalue weighted by Crippen LogP contribution is 2.11. The molecule has 1 aromatic rings. The van der Waals surface area contributed by atoms with Gasteiger partial charge in [0.05, 0.1) is 18.5 Å². The first kappa shape index (κ1) is 17.0. The van der Waals surface area contributed by atoms with Gasteiger partial charge in [-0.2, -0.15) is 0 Å². The summed E-state index contributed by atoms with van der Waals surface area (Å²) < 4.78 is 5.71. The van der Waals surface area contributed by atoms with Crippen LogP contribution in [0.4, 0.5) is 0 Å². The van der Waals surface area contributed by atoms with Gasteiger partial charge in [-0.1, -0.05) is 46.0 Å². The van der Waals surface area contributed by atoms with E-state index in [2.05, 4.69) is 24.1 Å². The van der Waals surface area contributed by atoms with E-state index in [4.69, 9.17) is 4.74 Å². The monoisotopic (exact) mass is 278 g/mol. The van der Waals surface area contributed by atoms with Crippen molar-refractivity contribution in [2.75, 3.05) is 13.2 Å². The summed E-state index contributed by atoms with van der Waals surface area (Å²) in [5.41, 5.74) is 1.07. The lowest BCUT2D eigenvalue weighted by molar-refractivity contribution is 0.303. The zero-order valence-electron chi connectivity index (χ0n) is 13.2. The van der Waals surface area contributed by atoms with Gasteiger partial charge in [0.25, 0.3) is 0 Å². The minimum absolute atomic E-state index is 0.807. The number of hydrogen-bond acceptors (Lipinski definition) is 3. The number of rotatable bonds is 12. The zero-order valence-corrected chi connectivity index (χ0v) is 13.2. The molecular formula is C17H30N2O. The molecule has 0 atom stereocenters. The normalized spacial score (nSPS) is 10.7. The fourth-order valence-corrected chi connectivity index (χ4v) is 2.07. The van der Waals surface area contributed by atoms with Crippen molar-refractivity contribution < 1.29 is 4.74 Å².